The van der Waals surface area contributed by atoms with E-state index in [1.165, 1.54) is 6.26 Å². The molecule has 126 valence electrons. The summed E-state index contributed by atoms with van der Waals surface area (Å²) in [5.41, 5.74) is 4.67. The van der Waals surface area contributed by atoms with Gasteiger partial charge in [0.25, 0.3) is 0 Å². The van der Waals surface area contributed by atoms with Gasteiger partial charge in [-0.3, -0.25) is 4.79 Å². The Balaban J connectivity index is 2.24. The third-order valence-electron chi connectivity index (χ3n) is 4.39. The van der Waals surface area contributed by atoms with Gasteiger partial charge in [-0.15, -0.1) is 0 Å². The summed E-state index contributed by atoms with van der Waals surface area (Å²) >= 11 is 0. The lowest BCUT2D eigenvalue weighted by molar-refractivity contribution is 0.409. The Labute approximate surface area is 146 Å². The molecular weight excluding hydrogens is 312 g/mol. The van der Waals surface area contributed by atoms with Crippen molar-refractivity contribution in [1.82, 2.24) is 0 Å². The Morgan fingerprint density at radius 2 is 1.88 bits per heavy atom. The van der Waals surface area contributed by atoms with Crippen LogP contribution in [0.15, 0.2) is 59.0 Å². The number of methoxy groups -OCH3 is 1. The number of benzene rings is 2. The summed E-state index contributed by atoms with van der Waals surface area (Å²) in [4.78, 5) is 13.0. The quantitative estimate of drug-likeness (QED) is 0.635. The zero-order valence-corrected chi connectivity index (χ0v) is 14.5. The molecule has 3 aromatic rings. The summed E-state index contributed by atoms with van der Waals surface area (Å²) in [6.45, 7) is 9.65. The smallest absolute Gasteiger partial charge is 0.200 e. The first-order chi connectivity index (χ1) is 12.1. The maximum atomic E-state index is 13.0. The van der Waals surface area contributed by atoms with Crippen molar-refractivity contribution in [1.29, 1.82) is 0 Å². The van der Waals surface area contributed by atoms with E-state index in [2.05, 4.69) is 13.2 Å². The molecule has 0 radical (unpaired) electrons. The van der Waals surface area contributed by atoms with Crippen LogP contribution in [0.4, 0.5) is 0 Å². The Bertz CT molecular complexity index is 1030. The largest absolute Gasteiger partial charge is 0.496 e. The maximum Gasteiger partial charge on any atom is 0.200 e. The molecular formula is C22H20O3. The Morgan fingerprint density at radius 3 is 2.52 bits per heavy atom. The van der Waals surface area contributed by atoms with E-state index in [1.54, 1.807) is 25.3 Å². The van der Waals surface area contributed by atoms with Crippen LogP contribution < -0.4 is 10.2 Å². The molecule has 3 nitrogen and oxygen atoms in total. The lowest BCUT2D eigenvalue weighted by Crippen LogP contribution is -2.06. The van der Waals surface area contributed by atoms with Crippen molar-refractivity contribution in [3.8, 4) is 16.9 Å². The summed E-state index contributed by atoms with van der Waals surface area (Å²) in [5.74, 6) is 0.732. The van der Waals surface area contributed by atoms with E-state index < -0.39 is 0 Å². The lowest BCUT2D eigenvalue weighted by atomic mass is 9.98. The van der Waals surface area contributed by atoms with Crippen LogP contribution in [0.5, 0.6) is 5.75 Å². The SMILES string of the molecule is C=Cc1ccc(-c2coc3cc(OC)c(CC)cc3c2=O)cc1C=C. The minimum absolute atomic E-state index is 0.0556. The zero-order chi connectivity index (χ0) is 18.0. The molecule has 0 aliphatic rings. The summed E-state index contributed by atoms with van der Waals surface area (Å²) in [6.07, 6.45) is 5.80. The van der Waals surface area contributed by atoms with Crippen LogP contribution in [0.1, 0.15) is 23.6 Å². The molecule has 0 saturated carbocycles. The fourth-order valence-corrected chi connectivity index (χ4v) is 2.97. The number of ether oxygens (including phenoxy) is 1. The van der Waals surface area contributed by atoms with Crippen molar-refractivity contribution in [2.45, 2.75) is 13.3 Å². The highest BCUT2D eigenvalue weighted by molar-refractivity contribution is 5.84. The summed E-state index contributed by atoms with van der Waals surface area (Å²) in [5, 5.41) is 0.558. The summed E-state index contributed by atoms with van der Waals surface area (Å²) < 4.78 is 11.1. The van der Waals surface area contributed by atoms with E-state index in [-0.39, 0.29) is 5.43 Å². The van der Waals surface area contributed by atoms with E-state index in [0.29, 0.717) is 16.5 Å². The second-order valence-corrected chi connectivity index (χ2v) is 5.74. The zero-order valence-electron chi connectivity index (χ0n) is 14.5. The monoisotopic (exact) mass is 332 g/mol. The molecule has 0 atom stereocenters. The number of rotatable bonds is 5. The van der Waals surface area contributed by atoms with Crippen molar-refractivity contribution in [2.24, 2.45) is 0 Å². The molecule has 2 aromatic carbocycles. The predicted octanol–water partition coefficient (Wildman–Crippen LogP) is 5.32. The minimum atomic E-state index is -0.0556. The van der Waals surface area contributed by atoms with Gasteiger partial charge in [0.1, 0.15) is 17.6 Å². The van der Waals surface area contributed by atoms with Gasteiger partial charge in [0, 0.05) is 6.07 Å². The van der Waals surface area contributed by atoms with Gasteiger partial charge in [0.15, 0.2) is 0 Å². The first-order valence-electron chi connectivity index (χ1n) is 8.14. The molecule has 0 bridgehead atoms. The van der Waals surface area contributed by atoms with Gasteiger partial charge in [-0.25, -0.2) is 0 Å². The average molecular weight is 332 g/mol. The van der Waals surface area contributed by atoms with Crippen molar-refractivity contribution in [3.05, 3.63) is 76.7 Å². The molecule has 0 saturated heterocycles. The molecule has 3 rings (SSSR count). The molecule has 1 heterocycles. The van der Waals surface area contributed by atoms with E-state index >= 15 is 0 Å². The van der Waals surface area contributed by atoms with Gasteiger partial charge >= 0.3 is 0 Å². The Kier molecular flexibility index (Phi) is 4.57. The first kappa shape index (κ1) is 16.8. The highest BCUT2D eigenvalue weighted by Crippen LogP contribution is 2.28. The van der Waals surface area contributed by atoms with Gasteiger partial charge in [-0.05, 0) is 40.8 Å². The van der Waals surface area contributed by atoms with E-state index in [0.717, 1.165) is 34.4 Å². The molecule has 1 aromatic heterocycles. The topological polar surface area (TPSA) is 39.4 Å². The fraction of sp³-hybridized carbons (Fsp3) is 0.136. The highest BCUT2D eigenvalue weighted by Gasteiger charge is 2.13. The summed E-state index contributed by atoms with van der Waals surface area (Å²) in [6, 6.07) is 9.37. The van der Waals surface area contributed by atoms with Crippen LogP contribution in [0.3, 0.4) is 0 Å². The van der Waals surface area contributed by atoms with Gasteiger partial charge in [-0.2, -0.15) is 0 Å². The van der Waals surface area contributed by atoms with Crippen LogP contribution in [-0.4, -0.2) is 7.11 Å². The molecule has 0 spiro atoms. The molecule has 0 amide bonds. The second-order valence-electron chi connectivity index (χ2n) is 5.74. The van der Waals surface area contributed by atoms with E-state index in [1.807, 2.05) is 31.2 Å². The Morgan fingerprint density at radius 1 is 1.12 bits per heavy atom. The second kappa shape index (κ2) is 6.81. The predicted molar refractivity (Wildman–Crippen MR) is 104 cm³/mol. The van der Waals surface area contributed by atoms with Crippen LogP contribution in [-0.2, 0) is 6.42 Å². The van der Waals surface area contributed by atoms with Crippen molar-refractivity contribution in [3.63, 3.8) is 0 Å². The van der Waals surface area contributed by atoms with Gasteiger partial charge in [0.2, 0.25) is 5.43 Å². The highest BCUT2D eigenvalue weighted by atomic mass is 16.5. The van der Waals surface area contributed by atoms with Crippen molar-refractivity contribution in [2.75, 3.05) is 7.11 Å². The van der Waals surface area contributed by atoms with Crippen LogP contribution in [0, 0.1) is 0 Å². The van der Waals surface area contributed by atoms with Crippen LogP contribution in [0.25, 0.3) is 34.2 Å². The average Bonchev–Trinajstić information content (AvgIpc) is 2.66. The van der Waals surface area contributed by atoms with Crippen LogP contribution >= 0.6 is 0 Å². The van der Waals surface area contributed by atoms with Gasteiger partial charge in [-0.1, -0.05) is 44.4 Å². The third-order valence-corrected chi connectivity index (χ3v) is 4.39. The molecule has 0 N–H and O–H groups in total. The molecule has 0 unspecified atom stereocenters. The molecule has 3 heteroatoms. The number of aryl methyl sites for hydroxylation is 1. The van der Waals surface area contributed by atoms with Crippen LogP contribution in [0.2, 0.25) is 0 Å². The number of hydrogen-bond acceptors (Lipinski definition) is 3. The molecule has 0 aliphatic heterocycles. The number of fused-ring (bicyclic) bond motifs is 1. The van der Waals surface area contributed by atoms with Gasteiger partial charge < -0.3 is 9.15 Å². The fourth-order valence-electron chi connectivity index (χ4n) is 2.97. The molecule has 0 aliphatic carbocycles. The lowest BCUT2D eigenvalue weighted by Gasteiger charge is -2.10. The van der Waals surface area contributed by atoms with Crippen molar-refractivity contribution >= 4 is 23.1 Å². The van der Waals surface area contributed by atoms with E-state index in [4.69, 9.17) is 9.15 Å². The standard InChI is InChI=1S/C22H20O3/c1-5-14-8-9-17(10-15(14)6-2)19-13-25-21-12-20(24-4)16(7-3)11-18(21)22(19)23/h5-6,8-13H,1-2,7H2,3-4H3. The Hall–Kier alpha value is -3.07. The summed E-state index contributed by atoms with van der Waals surface area (Å²) in [7, 11) is 1.62. The van der Waals surface area contributed by atoms with E-state index in [9.17, 15) is 4.79 Å². The normalized spacial score (nSPS) is 10.6. The minimum Gasteiger partial charge on any atom is -0.496 e. The number of hydrogen-bond donors (Lipinski definition) is 0. The molecule has 25 heavy (non-hydrogen) atoms. The first-order valence-corrected chi connectivity index (χ1v) is 8.14. The maximum absolute atomic E-state index is 13.0. The molecule has 0 fully saturated rings. The third kappa shape index (κ3) is 2.89. The van der Waals surface area contributed by atoms with Crippen molar-refractivity contribution < 1.29 is 9.15 Å². The van der Waals surface area contributed by atoms with Gasteiger partial charge in [0.05, 0.1) is 18.1 Å².